The van der Waals surface area contributed by atoms with Crippen molar-refractivity contribution >= 4 is 39.1 Å². The van der Waals surface area contributed by atoms with E-state index in [-0.39, 0.29) is 60.1 Å². The second kappa shape index (κ2) is 13.0. The third kappa shape index (κ3) is 7.26. The molecule has 4 rings (SSSR count). The highest BCUT2D eigenvalue weighted by atomic mass is 35.5. The number of benzene rings is 3. The summed E-state index contributed by atoms with van der Waals surface area (Å²) in [5.74, 6) is -0.612. The van der Waals surface area contributed by atoms with Gasteiger partial charge >= 0.3 is 0 Å². The van der Waals surface area contributed by atoms with Gasteiger partial charge < -0.3 is 20.1 Å². The van der Waals surface area contributed by atoms with E-state index in [0.717, 1.165) is 5.56 Å². The van der Waals surface area contributed by atoms with Crippen molar-refractivity contribution in [1.29, 1.82) is 0 Å². The highest BCUT2D eigenvalue weighted by Gasteiger charge is 2.35. The number of carbonyl (C=O) groups excluding carboxylic acids is 2. The van der Waals surface area contributed by atoms with Crippen LogP contribution in [0, 0.1) is 5.92 Å². The van der Waals surface area contributed by atoms with Crippen molar-refractivity contribution in [2.24, 2.45) is 5.92 Å². The van der Waals surface area contributed by atoms with E-state index in [1.54, 1.807) is 30.0 Å². The molecule has 0 bridgehead atoms. The van der Waals surface area contributed by atoms with Crippen molar-refractivity contribution in [2.45, 2.75) is 37.3 Å². The molecule has 0 saturated heterocycles. The number of nitrogens with one attached hydrogen (secondary N) is 1. The van der Waals surface area contributed by atoms with Gasteiger partial charge in [-0.2, -0.15) is 4.31 Å². The molecule has 0 fully saturated rings. The van der Waals surface area contributed by atoms with Crippen LogP contribution in [0.15, 0.2) is 77.7 Å². The molecular formula is C30H34ClN3O6S. The largest absolute Gasteiger partial charge is 0.488 e. The van der Waals surface area contributed by atoms with E-state index in [1.165, 1.54) is 35.6 Å². The van der Waals surface area contributed by atoms with Crippen molar-refractivity contribution < 1.29 is 27.9 Å². The minimum Gasteiger partial charge on any atom is -0.488 e. The fraction of sp³-hybridized carbons (Fsp3) is 0.333. The predicted molar refractivity (Wildman–Crippen MR) is 158 cm³/mol. The van der Waals surface area contributed by atoms with Gasteiger partial charge in [-0.15, -0.1) is 0 Å². The van der Waals surface area contributed by atoms with E-state index in [4.69, 9.17) is 16.3 Å². The molecule has 0 saturated carbocycles. The summed E-state index contributed by atoms with van der Waals surface area (Å²) >= 11 is 5.93. The fourth-order valence-electron chi connectivity index (χ4n) is 4.64. The average molecular weight is 600 g/mol. The van der Waals surface area contributed by atoms with Gasteiger partial charge in [0.25, 0.3) is 5.91 Å². The highest BCUT2D eigenvalue weighted by Crippen LogP contribution is 2.31. The Kier molecular flexibility index (Phi) is 9.70. The normalized spacial score (nSPS) is 18.2. The number of hydrogen-bond acceptors (Lipinski definition) is 6. The SMILES string of the molecule is C[C@@H]1CN([C@@H](C)CO)C(=O)c2cc(NC(=O)Cc3ccccc3)ccc2O[C@@H]1CN(C)S(=O)(=O)c1ccc(Cl)cc1. The lowest BCUT2D eigenvalue weighted by molar-refractivity contribution is -0.115. The molecule has 11 heteroatoms. The number of fused-ring (bicyclic) bond motifs is 1. The van der Waals surface area contributed by atoms with E-state index in [9.17, 15) is 23.1 Å². The van der Waals surface area contributed by atoms with E-state index in [0.29, 0.717) is 10.7 Å². The number of aliphatic hydroxyl groups excluding tert-OH is 1. The number of rotatable bonds is 9. The van der Waals surface area contributed by atoms with Crippen molar-refractivity contribution in [3.8, 4) is 5.75 Å². The van der Waals surface area contributed by atoms with Gasteiger partial charge in [0.15, 0.2) is 0 Å². The Morgan fingerprint density at radius 3 is 2.49 bits per heavy atom. The number of anilines is 1. The van der Waals surface area contributed by atoms with Gasteiger partial charge in [0, 0.05) is 30.2 Å². The van der Waals surface area contributed by atoms with Crippen LogP contribution in [0.3, 0.4) is 0 Å². The van der Waals surface area contributed by atoms with Gasteiger partial charge in [0.2, 0.25) is 15.9 Å². The lowest BCUT2D eigenvalue weighted by Gasteiger charge is -2.38. The molecule has 0 aliphatic carbocycles. The molecule has 1 aliphatic heterocycles. The number of amides is 2. The molecule has 2 N–H and O–H groups in total. The summed E-state index contributed by atoms with van der Waals surface area (Å²) < 4.78 is 34.1. The van der Waals surface area contributed by atoms with E-state index in [2.05, 4.69) is 5.32 Å². The summed E-state index contributed by atoms with van der Waals surface area (Å²) in [6, 6.07) is 19.5. The molecule has 41 heavy (non-hydrogen) atoms. The highest BCUT2D eigenvalue weighted by molar-refractivity contribution is 7.89. The third-order valence-corrected chi connectivity index (χ3v) is 9.20. The Balaban J connectivity index is 1.61. The van der Waals surface area contributed by atoms with Crippen LogP contribution in [-0.2, 0) is 21.2 Å². The molecule has 218 valence electrons. The van der Waals surface area contributed by atoms with Gasteiger partial charge in [0.05, 0.1) is 36.1 Å². The standard InChI is InChI=1S/C30H34ClN3O6S/c1-20-17-34(21(2)19-35)30(37)26-16-24(32-29(36)15-22-7-5-4-6-8-22)11-14-27(26)40-28(20)18-33(3)41(38,39)25-12-9-23(31)10-13-25/h4-14,16,20-21,28,35H,15,17-19H2,1-3H3,(H,32,36)/t20-,21+,28-/m1/s1. The number of carbonyl (C=O) groups is 2. The van der Waals surface area contributed by atoms with Crippen LogP contribution in [0.25, 0.3) is 0 Å². The zero-order chi connectivity index (χ0) is 29.7. The quantitative estimate of drug-likeness (QED) is 0.383. The maximum atomic E-state index is 13.7. The fourth-order valence-corrected chi connectivity index (χ4v) is 5.95. The van der Waals surface area contributed by atoms with E-state index < -0.39 is 22.2 Å². The van der Waals surface area contributed by atoms with Crippen LogP contribution in [0.2, 0.25) is 5.02 Å². The number of likely N-dealkylation sites (N-methyl/N-ethyl adjacent to an activating group) is 1. The second-order valence-electron chi connectivity index (χ2n) is 10.3. The summed E-state index contributed by atoms with van der Waals surface area (Å²) in [5.41, 5.74) is 1.49. The summed E-state index contributed by atoms with van der Waals surface area (Å²) in [7, 11) is -2.37. The average Bonchev–Trinajstić information content (AvgIpc) is 2.95. The second-order valence-corrected chi connectivity index (χ2v) is 12.8. The molecule has 3 atom stereocenters. The zero-order valence-electron chi connectivity index (χ0n) is 23.2. The van der Waals surface area contributed by atoms with Crippen LogP contribution in [0.4, 0.5) is 5.69 Å². The molecule has 3 aromatic rings. The van der Waals surface area contributed by atoms with Crippen molar-refractivity contribution in [3.63, 3.8) is 0 Å². The van der Waals surface area contributed by atoms with Gasteiger partial charge in [-0.1, -0.05) is 48.9 Å². The minimum absolute atomic E-state index is 0.0106. The van der Waals surface area contributed by atoms with Gasteiger partial charge in [-0.25, -0.2) is 8.42 Å². The molecule has 1 heterocycles. The first kappa shape index (κ1) is 30.5. The first-order valence-electron chi connectivity index (χ1n) is 13.3. The summed E-state index contributed by atoms with van der Waals surface area (Å²) in [4.78, 5) is 28.0. The molecule has 9 nitrogen and oxygen atoms in total. The van der Waals surface area contributed by atoms with Crippen molar-refractivity contribution in [1.82, 2.24) is 9.21 Å². The van der Waals surface area contributed by atoms with Crippen LogP contribution in [0.1, 0.15) is 29.8 Å². The summed E-state index contributed by atoms with van der Waals surface area (Å²) in [6.07, 6.45) is -0.454. The Labute approximate surface area is 245 Å². The van der Waals surface area contributed by atoms with Gasteiger partial charge in [-0.05, 0) is 55.0 Å². The Bertz CT molecular complexity index is 1480. The number of hydrogen-bond donors (Lipinski definition) is 2. The number of ether oxygens (including phenoxy) is 1. The Hall–Kier alpha value is -3.44. The van der Waals surface area contributed by atoms with E-state index in [1.807, 2.05) is 37.3 Å². The monoisotopic (exact) mass is 599 g/mol. The van der Waals surface area contributed by atoms with Crippen LogP contribution < -0.4 is 10.1 Å². The maximum Gasteiger partial charge on any atom is 0.258 e. The van der Waals surface area contributed by atoms with Gasteiger partial charge in [-0.3, -0.25) is 9.59 Å². The smallest absolute Gasteiger partial charge is 0.258 e. The molecule has 1 aliphatic rings. The predicted octanol–water partition coefficient (Wildman–Crippen LogP) is 4.06. The number of sulfonamides is 1. The van der Waals surface area contributed by atoms with Crippen LogP contribution in [-0.4, -0.2) is 73.4 Å². The molecule has 0 spiro atoms. The summed E-state index contributed by atoms with van der Waals surface area (Å²) in [5, 5.41) is 13.2. The first-order valence-corrected chi connectivity index (χ1v) is 15.1. The molecular weight excluding hydrogens is 566 g/mol. The lowest BCUT2D eigenvalue weighted by Crippen LogP contribution is -2.50. The lowest BCUT2D eigenvalue weighted by atomic mass is 9.99. The van der Waals surface area contributed by atoms with Crippen LogP contribution in [0.5, 0.6) is 5.75 Å². The number of nitrogens with zero attached hydrogens (tertiary/aromatic N) is 2. The molecule has 0 unspecified atom stereocenters. The molecule has 0 aromatic heterocycles. The molecule has 3 aromatic carbocycles. The Morgan fingerprint density at radius 2 is 1.83 bits per heavy atom. The maximum absolute atomic E-state index is 13.7. The number of halogens is 1. The Morgan fingerprint density at radius 1 is 1.15 bits per heavy atom. The molecule has 0 radical (unpaired) electrons. The minimum atomic E-state index is -3.84. The molecule has 2 amide bonds. The van der Waals surface area contributed by atoms with Gasteiger partial charge in [0.1, 0.15) is 11.9 Å². The van der Waals surface area contributed by atoms with E-state index >= 15 is 0 Å². The van der Waals surface area contributed by atoms with Crippen molar-refractivity contribution in [3.05, 3.63) is 88.9 Å². The van der Waals surface area contributed by atoms with Crippen molar-refractivity contribution in [2.75, 3.05) is 32.1 Å². The third-order valence-electron chi connectivity index (χ3n) is 7.11. The topological polar surface area (TPSA) is 116 Å². The zero-order valence-corrected chi connectivity index (χ0v) is 24.7. The first-order chi connectivity index (χ1) is 19.5. The van der Waals surface area contributed by atoms with Crippen LogP contribution >= 0.6 is 11.6 Å². The summed E-state index contributed by atoms with van der Waals surface area (Å²) in [6.45, 7) is 3.60. The number of aliphatic hydroxyl groups is 1.